The Morgan fingerprint density at radius 1 is 1.33 bits per heavy atom. The van der Waals surface area contributed by atoms with Crippen LogP contribution in [0.5, 0.6) is 0 Å². The first-order valence-corrected chi connectivity index (χ1v) is 5.84. The minimum atomic E-state index is -2.52. The molecule has 0 radical (unpaired) electrons. The lowest BCUT2D eigenvalue weighted by Crippen LogP contribution is -2.01. The number of aromatic nitrogens is 1. The van der Waals surface area contributed by atoms with Crippen molar-refractivity contribution in [2.24, 2.45) is 5.73 Å². The summed E-state index contributed by atoms with van der Waals surface area (Å²) in [5, 5.41) is 0.942. The van der Waals surface area contributed by atoms with Crippen LogP contribution in [0, 0.1) is 0 Å². The highest BCUT2D eigenvalue weighted by Gasteiger charge is 2.04. The quantitative estimate of drug-likeness (QED) is 0.670. The molecule has 1 aromatic heterocycles. The van der Waals surface area contributed by atoms with E-state index < -0.39 is 10.7 Å². The normalized spacial score (nSPS) is 11.3. The number of hydrogen-bond donors (Lipinski definition) is 3. The number of thiol groups is 1. The number of H-pyrrole nitrogens is 1. The van der Waals surface area contributed by atoms with Crippen molar-refractivity contribution in [3.05, 3.63) is 30.0 Å². The minimum Gasteiger partial charge on any atom is -0.361 e. The van der Waals surface area contributed by atoms with Crippen molar-refractivity contribution in [1.82, 2.24) is 4.98 Å². The molecular formula is C10H12N2O2S. The van der Waals surface area contributed by atoms with Crippen LogP contribution in [0.3, 0.4) is 0 Å². The van der Waals surface area contributed by atoms with Crippen molar-refractivity contribution in [1.29, 1.82) is 0 Å². The van der Waals surface area contributed by atoms with Crippen LogP contribution in [0.2, 0.25) is 0 Å². The van der Waals surface area contributed by atoms with Gasteiger partial charge in [0.2, 0.25) is 0 Å². The summed E-state index contributed by atoms with van der Waals surface area (Å²) in [5.41, 5.74) is 7.48. The lowest BCUT2D eigenvalue weighted by Gasteiger charge is -1.96. The van der Waals surface area contributed by atoms with Crippen LogP contribution >= 0.6 is 0 Å². The number of rotatable bonds is 3. The van der Waals surface area contributed by atoms with Gasteiger partial charge in [-0.3, -0.25) is 0 Å². The first kappa shape index (κ1) is 10.2. The molecule has 0 bridgehead atoms. The lowest BCUT2D eigenvalue weighted by atomic mass is 10.1. The number of aromatic amines is 1. The Hall–Kier alpha value is -1.33. The predicted molar refractivity (Wildman–Crippen MR) is 59.6 cm³/mol. The SMILES string of the molecule is NCCc1c[nH]c2ccc([SH](=O)=O)cc12. The molecule has 0 saturated carbocycles. The van der Waals surface area contributed by atoms with Gasteiger partial charge in [-0.2, -0.15) is 0 Å². The number of nitrogens with two attached hydrogens (primary N) is 1. The van der Waals surface area contributed by atoms with Crippen LogP contribution in [-0.2, 0) is 17.1 Å². The molecule has 0 amide bonds. The Morgan fingerprint density at radius 3 is 2.80 bits per heavy atom. The van der Waals surface area contributed by atoms with E-state index in [2.05, 4.69) is 4.98 Å². The zero-order valence-electron chi connectivity index (χ0n) is 8.06. The van der Waals surface area contributed by atoms with Gasteiger partial charge in [0.05, 0.1) is 4.90 Å². The second-order valence-electron chi connectivity index (χ2n) is 3.34. The van der Waals surface area contributed by atoms with E-state index in [4.69, 9.17) is 5.73 Å². The maximum atomic E-state index is 10.8. The van der Waals surface area contributed by atoms with Crippen LogP contribution in [0.15, 0.2) is 29.3 Å². The molecule has 0 aliphatic heterocycles. The van der Waals surface area contributed by atoms with Gasteiger partial charge in [-0.05, 0) is 36.7 Å². The molecular weight excluding hydrogens is 212 g/mol. The minimum absolute atomic E-state index is 0.343. The third-order valence-corrected chi connectivity index (χ3v) is 3.08. The number of hydrogen-bond acceptors (Lipinski definition) is 3. The van der Waals surface area contributed by atoms with Gasteiger partial charge in [-0.1, -0.05) is 0 Å². The molecule has 3 N–H and O–H groups in total. The van der Waals surface area contributed by atoms with Crippen LogP contribution < -0.4 is 5.73 Å². The van der Waals surface area contributed by atoms with Gasteiger partial charge in [-0.15, -0.1) is 0 Å². The average Bonchev–Trinajstić information content (AvgIpc) is 2.61. The second kappa shape index (κ2) is 4.04. The first-order chi connectivity index (χ1) is 7.22. The van der Waals surface area contributed by atoms with Crippen LogP contribution in [-0.4, -0.2) is 19.9 Å². The average molecular weight is 224 g/mol. The fourth-order valence-electron chi connectivity index (χ4n) is 1.64. The molecule has 0 aliphatic carbocycles. The maximum absolute atomic E-state index is 10.8. The Bertz CT molecular complexity index is 550. The molecule has 1 aromatic carbocycles. The Balaban J connectivity index is 2.61. The standard InChI is InChI=1S/C10H12N2O2S/c11-4-3-7-6-12-10-2-1-8(15(13)14)5-9(7)10/h1-2,5-6,12,15H,3-4,11H2. The zero-order valence-corrected chi connectivity index (χ0v) is 8.96. The van der Waals surface area contributed by atoms with Crippen molar-refractivity contribution < 1.29 is 8.42 Å². The molecule has 80 valence electrons. The molecule has 0 unspecified atom stereocenters. The van der Waals surface area contributed by atoms with Gasteiger partial charge < -0.3 is 10.7 Å². The van der Waals surface area contributed by atoms with Gasteiger partial charge in [0.15, 0.2) is 10.7 Å². The summed E-state index contributed by atoms with van der Waals surface area (Å²) in [6.45, 7) is 0.556. The monoisotopic (exact) mass is 224 g/mol. The summed E-state index contributed by atoms with van der Waals surface area (Å²) in [5.74, 6) is 0. The van der Waals surface area contributed by atoms with Crippen molar-refractivity contribution in [3.8, 4) is 0 Å². The van der Waals surface area contributed by atoms with E-state index in [0.717, 1.165) is 22.9 Å². The second-order valence-corrected chi connectivity index (χ2v) is 4.37. The summed E-state index contributed by atoms with van der Waals surface area (Å²) in [6.07, 6.45) is 2.62. The third kappa shape index (κ3) is 1.88. The molecule has 0 fully saturated rings. The van der Waals surface area contributed by atoms with Crippen molar-refractivity contribution in [2.45, 2.75) is 11.3 Å². The van der Waals surface area contributed by atoms with E-state index in [1.54, 1.807) is 18.2 Å². The summed E-state index contributed by atoms with van der Waals surface area (Å²) in [4.78, 5) is 3.43. The molecule has 0 spiro atoms. The zero-order chi connectivity index (χ0) is 10.8. The highest BCUT2D eigenvalue weighted by Crippen LogP contribution is 2.20. The van der Waals surface area contributed by atoms with E-state index in [1.165, 1.54) is 0 Å². The van der Waals surface area contributed by atoms with Gasteiger partial charge in [0.1, 0.15) is 0 Å². The molecule has 5 heteroatoms. The van der Waals surface area contributed by atoms with Gasteiger partial charge in [-0.25, -0.2) is 8.42 Å². The van der Waals surface area contributed by atoms with Gasteiger partial charge in [0.25, 0.3) is 0 Å². The van der Waals surface area contributed by atoms with Gasteiger partial charge in [0, 0.05) is 17.1 Å². The summed E-state index contributed by atoms with van der Waals surface area (Å²) >= 11 is 0. The Kier molecular flexibility index (Phi) is 2.75. The summed E-state index contributed by atoms with van der Waals surface area (Å²) < 4.78 is 21.7. The van der Waals surface area contributed by atoms with Crippen LogP contribution in [0.1, 0.15) is 5.56 Å². The van der Waals surface area contributed by atoms with E-state index in [-0.39, 0.29) is 0 Å². The van der Waals surface area contributed by atoms with Gasteiger partial charge >= 0.3 is 0 Å². The fraction of sp³-hybridized carbons (Fsp3) is 0.200. The maximum Gasteiger partial charge on any atom is 0.168 e. The highest BCUT2D eigenvalue weighted by molar-refractivity contribution is 7.72. The molecule has 0 aliphatic rings. The third-order valence-electron chi connectivity index (χ3n) is 2.38. The van der Waals surface area contributed by atoms with Crippen molar-refractivity contribution >= 4 is 21.6 Å². The smallest absolute Gasteiger partial charge is 0.168 e. The molecule has 2 rings (SSSR count). The van der Waals surface area contributed by atoms with E-state index >= 15 is 0 Å². The van der Waals surface area contributed by atoms with Crippen LogP contribution in [0.25, 0.3) is 10.9 Å². The molecule has 0 atom stereocenters. The number of nitrogens with one attached hydrogen (secondary N) is 1. The molecule has 1 heterocycles. The number of fused-ring (bicyclic) bond motifs is 1. The Labute approximate surface area is 89.0 Å². The molecule has 15 heavy (non-hydrogen) atoms. The molecule has 0 saturated heterocycles. The summed E-state index contributed by atoms with van der Waals surface area (Å²) in [7, 11) is -2.52. The topological polar surface area (TPSA) is 76.0 Å². The largest absolute Gasteiger partial charge is 0.361 e. The van der Waals surface area contributed by atoms with Crippen molar-refractivity contribution in [2.75, 3.05) is 6.54 Å². The van der Waals surface area contributed by atoms with E-state index in [9.17, 15) is 8.42 Å². The lowest BCUT2D eigenvalue weighted by molar-refractivity contribution is 0.614. The molecule has 4 nitrogen and oxygen atoms in total. The molecule has 2 aromatic rings. The highest BCUT2D eigenvalue weighted by atomic mass is 32.2. The predicted octanol–water partition coefficient (Wildman–Crippen LogP) is 0.639. The Morgan fingerprint density at radius 2 is 2.13 bits per heavy atom. The van der Waals surface area contributed by atoms with E-state index in [1.807, 2.05) is 6.20 Å². The number of benzene rings is 1. The van der Waals surface area contributed by atoms with E-state index in [0.29, 0.717) is 11.4 Å². The first-order valence-electron chi connectivity index (χ1n) is 4.67. The van der Waals surface area contributed by atoms with Crippen molar-refractivity contribution in [3.63, 3.8) is 0 Å². The fourth-order valence-corrected chi connectivity index (χ4v) is 2.07. The van der Waals surface area contributed by atoms with Crippen LogP contribution in [0.4, 0.5) is 0 Å². The summed E-state index contributed by atoms with van der Waals surface area (Å²) in [6, 6.07) is 5.05.